The normalized spacial score (nSPS) is 16.8. The van der Waals surface area contributed by atoms with E-state index in [1.54, 1.807) is 17.7 Å². The Morgan fingerprint density at radius 1 is 1.32 bits per heavy atom. The van der Waals surface area contributed by atoms with Crippen LogP contribution in [0, 0.1) is 12.7 Å². The van der Waals surface area contributed by atoms with Gasteiger partial charge in [-0.15, -0.1) is 0 Å². The largest absolute Gasteiger partial charge is 0.506 e. The Bertz CT molecular complexity index is 875. The second kappa shape index (κ2) is 4.73. The van der Waals surface area contributed by atoms with E-state index >= 15 is 0 Å². The Labute approximate surface area is 125 Å². The van der Waals surface area contributed by atoms with E-state index in [2.05, 4.69) is 0 Å². The van der Waals surface area contributed by atoms with Crippen LogP contribution in [0.4, 0.5) is 10.1 Å². The van der Waals surface area contributed by atoms with Crippen LogP contribution >= 0.6 is 0 Å². The number of anilines is 1. The number of halogens is 1. The van der Waals surface area contributed by atoms with Crippen LogP contribution in [0.2, 0.25) is 0 Å². The van der Waals surface area contributed by atoms with Crippen molar-refractivity contribution >= 4 is 21.8 Å². The molecule has 2 aromatic rings. The van der Waals surface area contributed by atoms with Crippen molar-refractivity contribution in [2.45, 2.75) is 6.92 Å². The Kier molecular flexibility index (Phi) is 3.10. The van der Waals surface area contributed by atoms with Crippen molar-refractivity contribution in [3.8, 4) is 17.1 Å². The van der Waals surface area contributed by atoms with Crippen LogP contribution in [-0.4, -0.2) is 26.0 Å². The van der Waals surface area contributed by atoms with Gasteiger partial charge in [-0.2, -0.15) is 8.42 Å². The molecular weight excluding hydrogens is 315 g/mol. The molecule has 3 rings (SSSR count). The molecule has 1 saturated heterocycles. The third kappa shape index (κ3) is 2.19. The number of hydrogen-bond donors (Lipinski definition) is 2. The molecule has 1 aromatic heterocycles. The van der Waals surface area contributed by atoms with E-state index in [0.717, 1.165) is 6.07 Å². The molecule has 1 aromatic carbocycles. The Balaban J connectivity index is 2.19. The summed E-state index contributed by atoms with van der Waals surface area (Å²) in [7, 11) is -4.22. The van der Waals surface area contributed by atoms with Gasteiger partial charge in [0.05, 0.1) is 5.56 Å². The maximum absolute atomic E-state index is 14.7. The lowest BCUT2D eigenvalue weighted by Gasteiger charge is -2.18. The molecule has 0 atom stereocenters. The van der Waals surface area contributed by atoms with Crippen LogP contribution in [0.15, 0.2) is 28.7 Å². The maximum Gasteiger partial charge on any atom is 0.326 e. The van der Waals surface area contributed by atoms with Crippen molar-refractivity contribution in [1.29, 1.82) is 0 Å². The van der Waals surface area contributed by atoms with Gasteiger partial charge in [0, 0.05) is 0 Å². The summed E-state index contributed by atoms with van der Waals surface area (Å²) in [6.07, 6.45) is 0. The molecule has 0 unspecified atom stereocenters. The minimum absolute atomic E-state index is 0.0181. The molecule has 1 aliphatic heterocycles. The molecule has 22 heavy (non-hydrogen) atoms. The number of rotatable bonds is 2. The van der Waals surface area contributed by atoms with E-state index in [1.165, 1.54) is 12.1 Å². The molecule has 0 radical (unpaired) electrons. The smallest absolute Gasteiger partial charge is 0.326 e. The van der Waals surface area contributed by atoms with Crippen LogP contribution in [0.3, 0.4) is 0 Å². The second-order valence-corrected chi connectivity index (χ2v) is 6.34. The number of benzene rings is 1. The van der Waals surface area contributed by atoms with Crippen LogP contribution in [0.1, 0.15) is 5.76 Å². The fraction of sp³-hybridized carbons (Fsp3) is 0.154. The first-order chi connectivity index (χ1) is 10.3. The molecule has 1 aliphatic rings. The molecule has 2 heterocycles. The fourth-order valence-electron chi connectivity index (χ4n) is 2.21. The number of amides is 1. The van der Waals surface area contributed by atoms with Gasteiger partial charge < -0.3 is 9.52 Å². The monoisotopic (exact) mass is 326 g/mol. The summed E-state index contributed by atoms with van der Waals surface area (Å²) in [5.41, 5.74) is -0.611. The van der Waals surface area contributed by atoms with Gasteiger partial charge in [-0.1, -0.05) is 0 Å². The molecular formula is C13H11FN2O5S. The number of nitrogens with zero attached hydrogens (tertiary/aromatic N) is 1. The highest BCUT2D eigenvalue weighted by Crippen LogP contribution is 2.39. The molecule has 0 bridgehead atoms. The Morgan fingerprint density at radius 3 is 2.59 bits per heavy atom. The molecule has 116 valence electrons. The zero-order valence-electron chi connectivity index (χ0n) is 11.3. The SMILES string of the molecule is Cc1ccc(-c2ccc(O)c(N3CC(=O)NS3(=O)=O)c2F)o1. The predicted octanol–water partition coefficient (Wildman–Crippen LogP) is 1.28. The van der Waals surface area contributed by atoms with Crippen LogP contribution in [-0.2, 0) is 15.0 Å². The molecule has 0 spiro atoms. The minimum atomic E-state index is -4.22. The van der Waals surface area contributed by atoms with Gasteiger partial charge in [0.25, 0.3) is 5.91 Å². The van der Waals surface area contributed by atoms with Crippen molar-refractivity contribution in [3.05, 3.63) is 35.8 Å². The second-order valence-electron chi connectivity index (χ2n) is 4.74. The summed E-state index contributed by atoms with van der Waals surface area (Å²) in [5, 5.41) is 9.83. The van der Waals surface area contributed by atoms with Crippen LogP contribution in [0.25, 0.3) is 11.3 Å². The number of carbonyl (C=O) groups is 1. The molecule has 1 amide bonds. The third-order valence-electron chi connectivity index (χ3n) is 3.17. The highest BCUT2D eigenvalue weighted by molar-refractivity contribution is 7.92. The highest BCUT2D eigenvalue weighted by atomic mass is 32.2. The van der Waals surface area contributed by atoms with E-state index in [9.17, 15) is 22.7 Å². The van der Waals surface area contributed by atoms with E-state index in [4.69, 9.17) is 4.42 Å². The first-order valence-corrected chi connectivity index (χ1v) is 7.65. The van der Waals surface area contributed by atoms with Crippen molar-refractivity contribution in [2.24, 2.45) is 0 Å². The average Bonchev–Trinajstić information content (AvgIpc) is 2.93. The molecule has 0 aliphatic carbocycles. The van der Waals surface area contributed by atoms with Gasteiger partial charge in [0.2, 0.25) is 0 Å². The Hall–Kier alpha value is -2.55. The summed E-state index contributed by atoms with van der Waals surface area (Å²) in [6, 6.07) is 5.56. The topological polar surface area (TPSA) is 99.9 Å². The number of nitrogens with one attached hydrogen (secondary N) is 1. The zero-order chi connectivity index (χ0) is 16.1. The number of hydrogen-bond acceptors (Lipinski definition) is 5. The Morgan fingerprint density at radius 2 is 2.05 bits per heavy atom. The van der Waals surface area contributed by atoms with Gasteiger partial charge in [-0.3, -0.25) is 4.79 Å². The molecule has 7 nitrogen and oxygen atoms in total. The first-order valence-electron chi connectivity index (χ1n) is 6.21. The van der Waals surface area contributed by atoms with Gasteiger partial charge >= 0.3 is 10.2 Å². The number of aryl methyl sites for hydroxylation is 1. The average molecular weight is 326 g/mol. The van der Waals surface area contributed by atoms with E-state index in [-0.39, 0.29) is 11.3 Å². The summed E-state index contributed by atoms with van der Waals surface area (Å²) in [4.78, 5) is 11.3. The maximum atomic E-state index is 14.7. The van der Waals surface area contributed by atoms with Crippen molar-refractivity contribution in [2.75, 3.05) is 10.8 Å². The summed E-state index contributed by atoms with van der Waals surface area (Å²) in [6.45, 7) is 1.07. The van der Waals surface area contributed by atoms with Crippen LogP contribution in [0.5, 0.6) is 5.75 Å². The van der Waals surface area contributed by atoms with E-state index in [1.807, 2.05) is 0 Å². The number of phenolic OH excluding ortho intramolecular Hbond substituents is 1. The predicted molar refractivity (Wildman–Crippen MR) is 74.9 cm³/mol. The lowest BCUT2D eigenvalue weighted by atomic mass is 10.1. The van der Waals surface area contributed by atoms with Crippen molar-refractivity contribution in [3.63, 3.8) is 0 Å². The van der Waals surface area contributed by atoms with Gasteiger partial charge in [-0.25, -0.2) is 13.4 Å². The number of furan rings is 1. The van der Waals surface area contributed by atoms with E-state index in [0.29, 0.717) is 10.1 Å². The van der Waals surface area contributed by atoms with Gasteiger partial charge in [-0.05, 0) is 31.2 Å². The van der Waals surface area contributed by atoms with Gasteiger partial charge in [0.1, 0.15) is 29.5 Å². The van der Waals surface area contributed by atoms with Crippen molar-refractivity contribution in [1.82, 2.24) is 4.72 Å². The summed E-state index contributed by atoms with van der Waals surface area (Å²) < 4.78 is 45.8. The minimum Gasteiger partial charge on any atom is -0.506 e. The molecule has 1 fully saturated rings. The number of aromatic hydroxyl groups is 1. The van der Waals surface area contributed by atoms with Crippen LogP contribution < -0.4 is 9.03 Å². The fourth-order valence-corrected chi connectivity index (χ4v) is 3.37. The lowest BCUT2D eigenvalue weighted by molar-refractivity contribution is -0.117. The number of phenols is 1. The summed E-state index contributed by atoms with van der Waals surface area (Å²) in [5.74, 6) is -1.65. The standard InChI is InChI=1S/C13H11FN2O5S/c1-7-2-5-10(21-7)8-3-4-9(17)13(12(8)14)16-6-11(18)15-22(16,19)20/h2-5,17H,6H2,1H3,(H,15,18). The first kappa shape index (κ1) is 14.4. The molecule has 9 heteroatoms. The third-order valence-corrected chi connectivity index (χ3v) is 4.55. The highest BCUT2D eigenvalue weighted by Gasteiger charge is 2.38. The molecule has 0 saturated carbocycles. The van der Waals surface area contributed by atoms with Crippen molar-refractivity contribution < 1.29 is 27.1 Å². The molecule has 2 N–H and O–H groups in total. The van der Waals surface area contributed by atoms with E-state index < -0.39 is 39.9 Å². The zero-order valence-corrected chi connectivity index (χ0v) is 12.1. The number of carbonyl (C=O) groups excluding carboxylic acids is 1. The quantitative estimate of drug-likeness (QED) is 0.866. The van der Waals surface area contributed by atoms with Gasteiger partial charge in [0.15, 0.2) is 5.82 Å². The lowest BCUT2D eigenvalue weighted by Crippen LogP contribution is -2.30. The summed E-state index contributed by atoms with van der Waals surface area (Å²) >= 11 is 0.